The van der Waals surface area contributed by atoms with Crippen LogP contribution in [0.5, 0.6) is 0 Å². The maximum absolute atomic E-state index is 13.8. The van der Waals surface area contributed by atoms with Crippen molar-refractivity contribution in [3.63, 3.8) is 0 Å². The van der Waals surface area contributed by atoms with Crippen LogP contribution in [-0.4, -0.2) is 12.3 Å². The zero-order valence-electron chi connectivity index (χ0n) is 9.96. The summed E-state index contributed by atoms with van der Waals surface area (Å²) in [6, 6.07) is 10.5. The number of nitrogens with one attached hydrogen (secondary N) is 1. The molecule has 0 fully saturated rings. The number of anilines is 1. The Hall–Kier alpha value is -2.16. The van der Waals surface area contributed by atoms with Crippen molar-refractivity contribution in [2.24, 2.45) is 0 Å². The summed E-state index contributed by atoms with van der Waals surface area (Å²) in [6.45, 7) is 2.46. The first-order chi connectivity index (χ1) is 8.74. The van der Waals surface area contributed by atoms with Crippen molar-refractivity contribution in [2.75, 3.05) is 11.9 Å². The molecule has 0 unspecified atom stereocenters. The molecule has 0 radical (unpaired) electrons. The second kappa shape index (κ2) is 3.95. The fraction of sp³-hybridized carbons (Fsp3) is 0.133. The van der Waals surface area contributed by atoms with Crippen LogP contribution in [0.1, 0.15) is 22.8 Å². The number of fused-ring (bicyclic) bond motifs is 3. The number of carbonyl (C=O) groups excluding carboxylic acids is 1. The first kappa shape index (κ1) is 11.0. The number of ketones is 1. The van der Waals surface area contributed by atoms with Crippen LogP contribution in [0.15, 0.2) is 36.4 Å². The van der Waals surface area contributed by atoms with Gasteiger partial charge in [0.15, 0.2) is 5.78 Å². The Morgan fingerprint density at radius 2 is 1.78 bits per heavy atom. The lowest BCUT2D eigenvalue weighted by molar-refractivity contribution is 0.104. The van der Waals surface area contributed by atoms with Gasteiger partial charge in [0.05, 0.1) is 11.3 Å². The lowest BCUT2D eigenvalue weighted by Gasteiger charge is -2.09. The Labute approximate surface area is 104 Å². The van der Waals surface area contributed by atoms with Crippen LogP contribution in [0.2, 0.25) is 0 Å². The molecule has 0 amide bonds. The molecule has 0 heterocycles. The minimum Gasteiger partial charge on any atom is -0.382 e. The van der Waals surface area contributed by atoms with Crippen molar-refractivity contribution in [3.8, 4) is 11.1 Å². The van der Waals surface area contributed by atoms with Crippen LogP contribution in [0.3, 0.4) is 0 Å². The van der Waals surface area contributed by atoms with E-state index in [1.165, 1.54) is 6.07 Å². The van der Waals surface area contributed by atoms with Crippen LogP contribution in [0, 0.1) is 5.82 Å². The summed E-state index contributed by atoms with van der Waals surface area (Å²) >= 11 is 0. The molecule has 3 heteroatoms. The largest absolute Gasteiger partial charge is 0.382 e. The van der Waals surface area contributed by atoms with E-state index in [0.717, 1.165) is 11.1 Å². The third-order valence-corrected chi connectivity index (χ3v) is 3.20. The Morgan fingerprint density at radius 3 is 2.50 bits per heavy atom. The minimum atomic E-state index is -0.378. The monoisotopic (exact) mass is 241 g/mol. The standard InChI is InChI=1S/C15H12FNO/c1-2-17-14-12(16)8-7-10-9-5-3-4-6-11(9)15(18)13(10)14/h3-8,17H,2H2,1H3. The van der Waals surface area contributed by atoms with Gasteiger partial charge in [0.25, 0.3) is 0 Å². The normalized spacial score (nSPS) is 12.2. The van der Waals surface area contributed by atoms with Crippen molar-refractivity contribution >= 4 is 11.5 Å². The lowest BCUT2D eigenvalue weighted by Crippen LogP contribution is -2.06. The second-order valence-corrected chi connectivity index (χ2v) is 4.25. The van der Waals surface area contributed by atoms with Gasteiger partial charge in [-0.05, 0) is 24.1 Å². The summed E-state index contributed by atoms with van der Waals surface area (Å²) in [5.74, 6) is -0.479. The molecule has 2 aromatic rings. The minimum absolute atomic E-state index is 0.101. The second-order valence-electron chi connectivity index (χ2n) is 4.25. The van der Waals surface area contributed by atoms with Crippen LogP contribution >= 0.6 is 0 Å². The van der Waals surface area contributed by atoms with E-state index in [2.05, 4.69) is 5.32 Å². The van der Waals surface area contributed by atoms with Gasteiger partial charge in [-0.2, -0.15) is 0 Å². The van der Waals surface area contributed by atoms with Crippen LogP contribution in [0.25, 0.3) is 11.1 Å². The summed E-state index contributed by atoms with van der Waals surface area (Å²) in [6.07, 6.45) is 0. The molecule has 0 aromatic heterocycles. The SMILES string of the molecule is CCNc1c(F)ccc2c1C(=O)c1ccccc1-2. The molecule has 18 heavy (non-hydrogen) atoms. The third kappa shape index (κ3) is 1.37. The maximum Gasteiger partial charge on any atom is 0.196 e. The molecular formula is C15H12FNO. The zero-order valence-corrected chi connectivity index (χ0v) is 9.96. The zero-order chi connectivity index (χ0) is 12.7. The molecule has 90 valence electrons. The van der Waals surface area contributed by atoms with Gasteiger partial charge in [-0.1, -0.05) is 30.3 Å². The molecule has 1 aliphatic rings. The molecule has 0 saturated carbocycles. The van der Waals surface area contributed by atoms with E-state index < -0.39 is 0 Å². The van der Waals surface area contributed by atoms with E-state index >= 15 is 0 Å². The molecule has 0 bridgehead atoms. The van der Waals surface area contributed by atoms with Crippen molar-refractivity contribution in [3.05, 3.63) is 53.3 Å². The predicted molar refractivity (Wildman–Crippen MR) is 69.4 cm³/mol. The number of benzene rings is 2. The highest BCUT2D eigenvalue weighted by molar-refractivity contribution is 6.24. The predicted octanol–water partition coefficient (Wildman–Crippen LogP) is 3.47. The Morgan fingerprint density at radius 1 is 1.06 bits per heavy atom. The lowest BCUT2D eigenvalue weighted by atomic mass is 10.0. The molecule has 2 nitrogen and oxygen atoms in total. The molecular weight excluding hydrogens is 229 g/mol. The summed E-state index contributed by atoms with van der Waals surface area (Å²) in [4.78, 5) is 12.3. The summed E-state index contributed by atoms with van der Waals surface area (Å²) in [5.41, 5.74) is 3.12. The topological polar surface area (TPSA) is 29.1 Å². The Bertz CT molecular complexity index is 649. The van der Waals surface area contributed by atoms with Gasteiger partial charge in [0.1, 0.15) is 5.82 Å². The highest BCUT2D eigenvalue weighted by atomic mass is 19.1. The average Bonchev–Trinajstić information content (AvgIpc) is 2.68. The van der Waals surface area contributed by atoms with E-state index in [9.17, 15) is 9.18 Å². The fourth-order valence-corrected chi connectivity index (χ4v) is 2.44. The van der Waals surface area contributed by atoms with Crippen LogP contribution in [-0.2, 0) is 0 Å². The van der Waals surface area contributed by atoms with Crippen molar-refractivity contribution in [1.29, 1.82) is 0 Å². The van der Waals surface area contributed by atoms with E-state index in [-0.39, 0.29) is 11.6 Å². The van der Waals surface area contributed by atoms with Gasteiger partial charge in [-0.15, -0.1) is 0 Å². The van der Waals surface area contributed by atoms with Crippen molar-refractivity contribution in [2.45, 2.75) is 6.92 Å². The number of hydrogen-bond donors (Lipinski definition) is 1. The van der Waals surface area contributed by atoms with Gasteiger partial charge < -0.3 is 5.32 Å². The van der Waals surface area contributed by atoms with Crippen molar-refractivity contribution < 1.29 is 9.18 Å². The number of carbonyl (C=O) groups is 1. The van der Waals surface area contributed by atoms with Crippen LogP contribution in [0.4, 0.5) is 10.1 Å². The van der Waals surface area contributed by atoms with Crippen molar-refractivity contribution in [1.82, 2.24) is 0 Å². The van der Waals surface area contributed by atoms with E-state index in [4.69, 9.17) is 0 Å². The van der Waals surface area contributed by atoms with Crippen LogP contribution < -0.4 is 5.32 Å². The third-order valence-electron chi connectivity index (χ3n) is 3.20. The Balaban J connectivity index is 2.30. The molecule has 2 aromatic carbocycles. The molecule has 0 atom stereocenters. The molecule has 1 N–H and O–H groups in total. The van der Waals surface area contributed by atoms with Gasteiger partial charge >= 0.3 is 0 Å². The number of rotatable bonds is 2. The molecule has 0 spiro atoms. The smallest absolute Gasteiger partial charge is 0.196 e. The highest BCUT2D eigenvalue weighted by Gasteiger charge is 2.30. The van der Waals surface area contributed by atoms with E-state index in [1.807, 2.05) is 25.1 Å². The number of halogens is 1. The first-order valence-electron chi connectivity index (χ1n) is 5.94. The summed E-state index contributed by atoms with van der Waals surface area (Å²) in [7, 11) is 0. The van der Waals surface area contributed by atoms with Gasteiger partial charge in [0, 0.05) is 12.1 Å². The molecule has 1 aliphatic carbocycles. The number of hydrogen-bond acceptors (Lipinski definition) is 2. The van der Waals surface area contributed by atoms with E-state index in [1.54, 1.807) is 12.1 Å². The summed E-state index contributed by atoms with van der Waals surface area (Å²) < 4.78 is 13.8. The van der Waals surface area contributed by atoms with Gasteiger partial charge in [0.2, 0.25) is 0 Å². The molecule has 0 saturated heterocycles. The molecule has 3 rings (SSSR count). The van der Waals surface area contributed by atoms with E-state index in [0.29, 0.717) is 23.4 Å². The maximum atomic E-state index is 13.8. The first-order valence-corrected chi connectivity index (χ1v) is 5.94. The fourth-order valence-electron chi connectivity index (χ4n) is 2.44. The quantitative estimate of drug-likeness (QED) is 0.744. The average molecular weight is 241 g/mol. The van der Waals surface area contributed by atoms with Gasteiger partial charge in [-0.25, -0.2) is 4.39 Å². The Kier molecular flexibility index (Phi) is 2.40. The van der Waals surface area contributed by atoms with Gasteiger partial charge in [-0.3, -0.25) is 4.79 Å². The summed E-state index contributed by atoms with van der Waals surface area (Å²) in [5, 5.41) is 2.95. The molecule has 0 aliphatic heterocycles. The highest BCUT2D eigenvalue weighted by Crippen LogP contribution is 2.40.